The van der Waals surface area contributed by atoms with Crippen molar-refractivity contribution in [3.63, 3.8) is 0 Å². The lowest BCUT2D eigenvalue weighted by Gasteiger charge is -2.25. The smallest absolute Gasteiger partial charge is 0.137 e. The fourth-order valence-corrected chi connectivity index (χ4v) is 5.12. The van der Waals surface area contributed by atoms with Crippen LogP contribution in [0, 0.1) is 3.57 Å². The Morgan fingerprint density at radius 1 is 0.935 bits per heavy atom. The fourth-order valence-electron chi connectivity index (χ4n) is 3.81. The van der Waals surface area contributed by atoms with E-state index in [0.29, 0.717) is 24.7 Å². The van der Waals surface area contributed by atoms with Crippen molar-refractivity contribution in [2.75, 3.05) is 0 Å². The number of phenolic OH excluding ortho intramolecular Hbond substituents is 2. The van der Waals surface area contributed by atoms with Gasteiger partial charge in [0.05, 0.1) is 15.7 Å². The summed E-state index contributed by atoms with van der Waals surface area (Å²) in [5, 5.41) is 22.1. The monoisotopic (exact) mass is 572 g/mol. The van der Waals surface area contributed by atoms with Gasteiger partial charge < -0.3 is 10.2 Å². The van der Waals surface area contributed by atoms with Gasteiger partial charge in [0.15, 0.2) is 0 Å². The molecule has 1 saturated carbocycles. The maximum Gasteiger partial charge on any atom is 0.137 e. The summed E-state index contributed by atoms with van der Waals surface area (Å²) in [6.07, 6.45) is 10.3. The molecule has 166 valence electrons. The Morgan fingerprint density at radius 2 is 1.48 bits per heavy atom. The summed E-state index contributed by atoms with van der Waals surface area (Å²) in [6, 6.07) is 7.05. The van der Waals surface area contributed by atoms with Crippen molar-refractivity contribution in [1.29, 1.82) is 0 Å². The minimum atomic E-state index is 0.0157. The molecule has 0 saturated heterocycles. The third kappa shape index (κ3) is 6.59. The van der Waals surface area contributed by atoms with Crippen LogP contribution in [-0.4, -0.2) is 34.7 Å². The van der Waals surface area contributed by atoms with Crippen molar-refractivity contribution in [2.45, 2.75) is 64.0 Å². The van der Waals surface area contributed by atoms with Crippen molar-refractivity contribution < 1.29 is 10.2 Å². The van der Waals surface area contributed by atoms with Gasteiger partial charge in [0.2, 0.25) is 0 Å². The summed E-state index contributed by atoms with van der Waals surface area (Å²) in [5.74, 6) is 0.448. The minimum Gasteiger partial charge on any atom is -0.507 e. The van der Waals surface area contributed by atoms with Crippen LogP contribution < -0.4 is 0 Å². The SMILES string of the molecule is CCCCc1cc(Cl)cc(C=N[C@H]2CCCC[C@@H]2N=Cc2cc(Cl)cc(I)c2O)c1O. The van der Waals surface area contributed by atoms with Gasteiger partial charge in [-0.05, 0) is 78.1 Å². The van der Waals surface area contributed by atoms with Gasteiger partial charge in [-0.2, -0.15) is 0 Å². The minimum absolute atomic E-state index is 0.0157. The lowest BCUT2D eigenvalue weighted by Crippen LogP contribution is -2.27. The Labute approximate surface area is 207 Å². The fraction of sp³-hybridized carbons (Fsp3) is 0.417. The predicted molar refractivity (Wildman–Crippen MR) is 139 cm³/mol. The first-order valence-electron chi connectivity index (χ1n) is 10.6. The number of aryl methyl sites for hydroxylation is 1. The van der Waals surface area contributed by atoms with Crippen LogP contribution >= 0.6 is 45.8 Å². The standard InChI is InChI=1S/C24H27Cl2IN2O2/c1-2-3-6-15-9-18(25)10-16(23(15)30)13-28-21-7-4-5-8-22(21)29-14-17-11-19(26)12-20(27)24(17)31/h9-14,21-22,30-31H,2-8H2,1H3/t21-,22-/m0/s1. The Kier molecular flexibility index (Phi) is 9.05. The van der Waals surface area contributed by atoms with Crippen molar-refractivity contribution in [1.82, 2.24) is 0 Å². The van der Waals surface area contributed by atoms with E-state index in [-0.39, 0.29) is 23.6 Å². The van der Waals surface area contributed by atoms with Gasteiger partial charge >= 0.3 is 0 Å². The van der Waals surface area contributed by atoms with Crippen LogP contribution in [0.15, 0.2) is 34.3 Å². The summed E-state index contributed by atoms with van der Waals surface area (Å²) in [4.78, 5) is 9.52. The van der Waals surface area contributed by atoms with Crippen molar-refractivity contribution in [3.05, 3.63) is 54.6 Å². The number of aliphatic imine (C=N–C) groups is 2. The van der Waals surface area contributed by atoms with E-state index in [1.807, 2.05) is 6.07 Å². The lowest BCUT2D eigenvalue weighted by atomic mass is 9.91. The van der Waals surface area contributed by atoms with E-state index < -0.39 is 0 Å². The first kappa shape index (κ1) is 24.3. The molecule has 2 atom stereocenters. The summed E-state index contributed by atoms with van der Waals surface area (Å²) in [5.41, 5.74) is 2.12. The van der Waals surface area contributed by atoms with Crippen molar-refractivity contribution in [2.24, 2.45) is 9.98 Å². The topological polar surface area (TPSA) is 65.2 Å². The zero-order valence-corrected chi connectivity index (χ0v) is 21.2. The van der Waals surface area contributed by atoms with E-state index in [0.717, 1.165) is 50.5 Å². The van der Waals surface area contributed by atoms with Crippen LogP contribution in [0.1, 0.15) is 62.1 Å². The number of aromatic hydroxyl groups is 2. The van der Waals surface area contributed by atoms with Crippen LogP contribution in [0.5, 0.6) is 11.5 Å². The number of hydrogen-bond donors (Lipinski definition) is 2. The average molecular weight is 573 g/mol. The second kappa shape index (κ2) is 11.5. The van der Waals surface area contributed by atoms with Gasteiger partial charge in [0, 0.05) is 33.6 Å². The number of rotatable bonds is 7. The Hall–Kier alpha value is -1.31. The summed E-state index contributed by atoms with van der Waals surface area (Å²) < 4.78 is 0.695. The quantitative estimate of drug-likeness (QED) is 0.272. The third-order valence-corrected chi connectivity index (χ3v) is 6.80. The third-order valence-electron chi connectivity index (χ3n) is 5.54. The molecule has 0 heterocycles. The molecule has 7 heteroatoms. The van der Waals surface area contributed by atoms with Crippen LogP contribution in [-0.2, 0) is 6.42 Å². The first-order chi connectivity index (χ1) is 14.9. The number of hydrogen-bond acceptors (Lipinski definition) is 4. The highest BCUT2D eigenvalue weighted by molar-refractivity contribution is 14.1. The molecule has 3 rings (SSSR count). The Bertz CT molecular complexity index is 979. The van der Waals surface area contributed by atoms with Gasteiger partial charge in [-0.1, -0.05) is 49.4 Å². The van der Waals surface area contributed by atoms with Crippen LogP contribution in [0.2, 0.25) is 10.0 Å². The van der Waals surface area contributed by atoms with E-state index in [4.69, 9.17) is 33.2 Å². The van der Waals surface area contributed by atoms with Crippen LogP contribution in [0.4, 0.5) is 0 Å². The van der Waals surface area contributed by atoms with E-state index in [9.17, 15) is 10.2 Å². The molecule has 1 aliphatic carbocycles. The molecular formula is C24H27Cl2IN2O2. The largest absolute Gasteiger partial charge is 0.507 e. The number of halogens is 3. The molecule has 2 aromatic rings. The van der Waals surface area contributed by atoms with E-state index in [1.165, 1.54) is 0 Å². The maximum absolute atomic E-state index is 10.6. The molecule has 0 aromatic heterocycles. The van der Waals surface area contributed by atoms with Crippen molar-refractivity contribution >= 4 is 58.2 Å². The molecule has 0 radical (unpaired) electrons. The second-order valence-corrected chi connectivity index (χ2v) is 9.94. The van der Waals surface area contributed by atoms with Gasteiger partial charge in [-0.25, -0.2) is 0 Å². The molecule has 0 aliphatic heterocycles. The molecule has 31 heavy (non-hydrogen) atoms. The summed E-state index contributed by atoms with van der Waals surface area (Å²) in [6.45, 7) is 2.12. The second-order valence-electron chi connectivity index (χ2n) is 7.91. The van der Waals surface area contributed by atoms with Crippen LogP contribution in [0.25, 0.3) is 0 Å². The highest BCUT2D eigenvalue weighted by Crippen LogP contribution is 2.30. The molecule has 2 N–H and O–H groups in total. The Morgan fingerprint density at radius 3 is 2.06 bits per heavy atom. The summed E-state index contributed by atoms with van der Waals surface area (Å²) >= 11 is 14.5. The van der Waals surface area contributed by atoms with Gasteiger partial charge in [0.25, 0.3) is 0 Å². The zero-order chi connectivity index (χ0) is 22.4. The van der Waals surface area contributed by atoms with Gasteiger partial charge in [-0.3, -0.25) is 9.98 Å². The van der Waals surface area contributed by atoms with E-state index >= 15 is 0 Å². The lowest BCUT2D eigenvalue weighted by molar-refractivity contribution is 0.390. The molecule has 0 unspecified atom stereocenters. The molecule has 0 amide bonds. The number of unbranched alkanes of at least 4 members (excludes halogenated alkanes) is 1. The Balaban J connectivity index is 1.80. The molecule has 1 aliphatic rings. The predicted octanol–water partition coefficient (Wildman–Crippen LogP) is 7.20. The zero-order valence-electron chi connectivity index (χ0n) is 17.5. The first-order valence-corrected chi connectivity index (χ1v) is 12.5. The van der Waals surface area contributed by atoms with E-state index in [2.05, 4.69) is 29.5 Å². The summed E-state index contributed by atoms with van der Waals surface area (Å²) in [7, 11) is 0. The molecule has 4 nitrogen and oxygen atoms in total. The van der Waals surface area contributed by atoms with E-state index in [1.54, 1.807) is 30.6 Å². The number of nitrogens with zero attached hydrogens (tertiary/aromatic N) is 2. The van der Waals surface area contributed by atoms with Crippen LogP contribution in [0.3, 0.4) is 0 Å². The van der Waals surface area contributed by atoms with Crippen molar-refractivity contribution in [3.8, 4) is 11.5 Å². The molecule has 1 fully saturated rings. The van der Waals surface area contributed by atoms with Gasteiger partial charge in [0.1, 0.15) is 11.5 Å². The molecule has 0 bridgehead atoms. The number of phenols is 2. The van der Waals surface area contributed by atoms with Gasteiger partial charge in [-0.15, -0.1) is 0 Å². The average Bonchev–Trinajstić information content (AvgIpc) is 2.75. The molecule has 0 spiro atoms. The normalized spacial score (nSPS) is 19.5. The highest BCUT2D eigenvalue weighted by Gasteiger charge is 2.23. The number of benzene rings is 2. The maximum atomic E-state index is 10.6. The molecule has 2 aromatic carbocycles. The highest BCUT2D eigenvalue weighted by atomic mass is 127. The molecular weight excluding hydrogens is 546 g/mol.